The minimum absolute atomic E-state index is 0.00966. The van der Waals surface area contributed by atoms with E-state index < -0.39 is 6.04 Å². The average molecular weight is 541 g/mol. The molecule has 1 N–H and O–H groups in total. The van der Waals surface area contributed by atoms with Crippen LogP contribution < -0.4 is 5.32 Å². The SMILES string of the molecule is CC.CCC(=O)CCOCC(COCCC(=O)C(C)C)NC(=O)c1ccc(-c2ccc(C(=O)CC)nc2)cc1. The van der Waals surface area contributed by atoms with E-state index in [0.29, 0.717) is 36.9 Å². The van der Waals surface area contributed by atoms with E-state index >= 15 is 0 Å². The largest absolute Gasteiger partial charge is 0.379 e. The molecule has 1 aromatic carbocycles. The molecule has 1 amide bonds. The van der Waals surface area contributed by atoms with Gasteiger partial charge in [0.25, 0.3) is 5.91 Å². The number of aromatic nitrogens is 1. The van der Waals surface area contributed by atoms with Gasteiger partial charge in [0, 0.05) is 48.9 Å². The third-order valence-electron chi connectivity index (χ3n) is 5.88. The summed E-state index contributed by atoms with van der Waals surface area (Å²) in [5.41, 5.74) is 2.62. The number of nitrogens with one attached hydrogen (secondary N) is 1. The van der Waals surface area contributed by atoms with Crippen LogP contribution in [0, 0.1) is 5.92 Å². The number of hydrogen-bond acceptors (Lipinski definition) is 7. The lowest BCUT2D eigenvalue weighted by atomic mass is 10.0. The molecule has 1 heterocycles. The second-order valence-corrected chi connectivity index (χ2v) is 9.12. The molecule has 0 bridgehead atoms. The second kappa shape index (κ2) is 18.9. The van der Waals surface area contributed by atoms with Gasteiger partial charge in [-0.15, -0.1) is 0 Å². The standard InChI is InChI=1S/C29H38N2O6.C2H6/c1-5-25(32)13-15-36-18-24(19-37-16-14-28(34)20(3)4)31-29(35)22-9-7-21(8-10-22)23-11-12-26(30-17-23)27(33)6-2;1-2/h7-12,17,20,24H,5-6,13-16,18-19H2,1-4H3,(H,31,35);1-2H3. The first-order valence-corrected chi connectivity index (χ1v) is 13.9. The van der Waals surface area contributed by atoms with Gasteiger partial charge in [-0.1, -0.05) is 59.7 Å². The van der Waals surface area contributed by atoms with E-state index in [9.17, 15) is 19.2 Å². The molecule has 0 spiro atoms. The van der Waals surface area contributed by atoms with Gasteiger partial charge in [0.15, 0.2) is 5.78 Å². The van der Waals surface area contributed by atoms with Crippen LogP contribution in [0.1, 0.15) is 88.1 Å². The van der Waals surface area contributed by atoms with Crippen molar-refractivity contribution in [2.75, 3.05) is 26.4 Å². The summed E-state index contributed by atoms with van der Waals surface area (Å²) in [5.74, 6) is -0.102. The van der Waals surface area contributed by atoms with Gasteiger partial charge in [0.2, 0.25) is 0 Å². The molecular formula is C31H44N2O6. The highest BCUT2D eigenvalue weighted by molar-refractivity contribution is 5.95. The van der Waals surface area contributed by atoms with Crippen LogP contribution in [-0.2, 0) is 19.1 Å². The zero-order chi connectivity index (χ0) is 29.2. The monoisotopic (exact) mass is 540 g/mol. The lowest BCUT2D eigenvalue weighted by Gasteiger charge is -2.19. The van der Waals surface area contributed by atoms with Crippen molar-refractivity contribution in [3.63, 3.8) is 0 Å². The molecule has 0 saturated heterocycles. The topological polar surface area (TPSA) is 112 Å². The summed E-state index contributed by atoms with van der Waals surface area (Å²) in [4.78, 5) is 52.2. The van der Waals surface area contributed by atoms with E-state index in [0.717, 1.165) is 11.1 Å². The van der Waals surface area contributed by atoms with Crippen LogP contribution in [0.5, 0.6) is 0 Å². The van der Waals surface area contributed by atoms with Gasteiger partial charge in [-0.05, 0) is 23.8 Å². The molecule has 0 radical (unpaired) electrons. The lowest BCUT2D eigenvalue weighted by molar-refractivity contribution is -0.123. The predicted molar refractivity (Wildman–Crippen MR) is 153 cm³/mol. The number of carbonyl (C=O) groups is 4. The number of amides is 1. The third-order valence-corrected chi connectivity index (χ3v) is 5.88. The third kappa shape index (κ3) is 12.4. The molecule has 2 rings (SSSR count). The summed E-state index contributed by atoms with van der Waals surface area (Å²) >= 11 is 0. The van der Waals surface area contributed by atoms with Crippen LogP contribution in [-0.4, -0.2) is 60.7 Å². The summed E-state index contributed by atoms with van der Waals surface area (Å²) in [6.07, 6.45) is 3.15. The molecule has 39 heavy (non-hydrogen) atoms. The second-order valence-electron chi connectivity index (χ2n) is 9.12. The van der Waals surface area contributed by atoms with Crippen molar-refractivity contribution in [3.05, 3.63) is 53.9 Å². The maximum atomic E-state index is 12.9. The van der Waals surface area contributed by atoms with Crippen molar-refractivity contribution >= 4 is 23.3 Å². The zero-order valence-electron chi connectivity index (χ0n) is 24.2. The molecule has 0 aliphatic heterocycles. The molecule has 1 unspecified atom stereocenters. The lowest BCUT2D eigenvalue weighted by Crippen LogP contribution is -2.42. The fraction of sp³-hybridized carbons (Fsp3) is 0.516. The van der Waals surface area contributed by atoms with E-state index in [1.54, 1.807) is 31.3 Å². The number of hydrogen-bond donors (Lipinski definition) is 1. The first-order chi connectivity index (χ1) is 18.7. The van der Waals surface area contributed by atoms with Crippen LogP contribution in [0.2, 0.25) is 0 Å². The van der Waals surface area contributed by atoms with Crippen LogP contribution in [0.15, 0.2) is 42.6 Å². The van der Waals surface area contributed by atoms with E-state index in [2.05, 4.69) is 10.3 Å². The first kappa shape index (κ1) is 33.8. The van der Waals surface area contributed by atoms with Crippen LogP contribution in [0.3, 0.4) is 0 Å². The Labute approximate surface area is 232 Å². The number of benzene rings is 1. The molecular weight excluding hydrogens is 496 g/mol. The Balaban J connectivity index is 0.00000371. The molecule has 8 heteroatoms. The van der Waals surface area contributed by atoms with Crippen LogP contribution in [0.4, 0.5) is 0 Å². The number of ketones is 3. The van der Waals surface area contributed by atoms with Gasteiger partial charge in [0.1, 0.15) is 17.3 Å². The first-order valence-electron chi connectivity index (χ1n) is 13.9. The van der Waals surface area contributed by atoms with Crippen molar-refractivity contribution in [3.8, 4) is 11.1 Å². The maximum absolute atomic E-state index is 12.9. The fourth-order valence-electron chi connectivity index (χ4n) is 3.40. The summed E-state index contributed by atoms with van der Waals surface area (Å²) < 4.78 is 11.3. The molecule has 1 aromatic heterocycles. The van der Waals surface area contributed by atoms with Crippen molar-refractivity contribution < 1.29 is 28.7 Å². The summed E-state index contributed by atoms with van der Waals surface area (Å²) in [6, 6.07) is 10.2. The summed E-state index contributed by atoms with van der Waals surface area (Å²) in [5, 5.41) is 2.92. The number of nitrogens with zero attached hydrogens (tertiary/aromatic N) is 1. The Morgan fingerprint density at radius 1 is 0.821 bits per heavy atom. The van der Waals surface area contributed by atoms with E-state index in [1.165, 1.54) is 0 Å². The number of ether oxygens (including phenoxy) is 2. The van der Waals surface area contributed by atoms with Gasteiger partial charge in [-0.2, -0.15) is 0 Å². The van der Waals surface area contributed by atoms with Crippen LogP contribution in [0.25, 0.3) is 11.1 Å². The van der Waals surface area contributed by atoms with Crippen LogP contribution >= 0.6 is 0 Å². The molecule has 1 atom stereocenters. The Kier molecular flexibility index (Phi) is 16.4. The van der Waals surface area contributed by atoms with Crippen molar-refractivity contribution in [2.24, 2.45) is 5.92 Å². The summed E-state index contributed by atoms with van der Waals surface area (Å²) in [7, 11) is 0. The average Bonchev–Trinajstić information content (AvgIpc) is 2.97. The molecule has 2 aromatic rings. The fourth-order valence-corrected chi connectivity index (χ4v) is 3.40. The minimum atomic E-state index is -0.439. The molecule has 214 valence electrons. The van der Waals surface area contributed by atoms with Crippen molar-refractivity contribution in [2.45, 2.75) is 73.3 Å². The smallest absolute Gasteiger partial charge is 0.251 e. The van der Waals surface area contributed by atoms with E-state index in [1.807, 2.05) is 52.8 Å². The Morgan fingerprint density at radius 3 is 1.92 bits per heavy atom. The molecule has 0 aliphatic rings. The normalized spacial score (nSPS) is 11.4. The van der Waals surface area contributed by atoms with Gasteiger partial charge in [-0.3, -0.25) is 24.2 Å². The molecule has 8 nitrogen and oxygen atoms in total. The number of carbonyl (C=O) groups excluding carboxylic acids is 4. The van der Waals surface area contributed by atoms with Crippen molar-refractivity contribution in [1.29, 1.82) is 0 Å². The maximum Gasteiger partial charge on any atom is 0.251 e. The molecule has 0 fully saturated rings. The number of rotatable bonds is 17. The van der Waals surface area contributed by atoms with Gasteiger partial charge >= 0.3 is 0 Å². The Morgan fingerprint density at radius 2 is 1.41 bits per heavy atom. The molecule has 0 aliphatic carbocycles. The van der Waals surface area contributed by atoms with E-state index in [-0.39, 0.29) is 55.6 Å². The van der Waals surface area contributed by atoms with Gasteiger partial charge in [0.05, 0.1) is 32.5 Å². The highest BCUT2D eigenvalue weighted by Crippen LogP contribution is 2.19. The van der Waals surface area contributed by atoms with Gasteiger partial charge in [-0.25, -0.2) is 0 Å². The minimum Gasteiger partial charge on any atom is -0.379 e. The Hall–Kier alpha value is -3.23. The van der Waals surface area contributed by atoms with Gasteiger partial charge < -0.3 is 14.8 Å². The quantitative estimate of drug-likeness (QED) is 0.209. The Bertz CT molecular complexity index is 1030. The molecule has 0 saturated carbocycles. The number of pyridine rings is 1. The highest BCUT2D eigenvalue weighted by Gasteiger charge is 2.16. The van der Waals surface area contributed by atoms with Crippen molar-refractivity contribution in [1.82, 2.24) is 10.3 Å². The zero-order valence-corrected chi connectivity index (χ0v) is 24.2. The highest BCUT2D eigenvalue weighted by atomic mass is 16.5. The van der Waals surface area contributed by atoms with E-state index in [4.69, 9.17) is 9.47 Å². The summed E-state index contributed by atoms with van der Waals surface area (Å²) in [6.45, 7) is 12.2. The number of Topliss-reactive ketones (excluding diaryl/α,β-unsaturated/α-hetero) is 3. The predicted octanol–water partition coefficient (Wildman–Crippen LogP) is 5.48.